The molecule has 1 aromatic heterocycles. The third-order valence-electron chi connectivity index (χ3n) is 6.82. The summed E-state index contributed by atoms with van der Waals surface area (Å²) in [6.45, 7) is 7.29. The van der Waals surface area contributed by atoms with Crippen molar-refractivity contribution in [2.75, 3.05) is 32.3 Å². The van der Waals surface area contributed by atoms with E-state index < -0.39 is 11.6 Å². The van der Waals surface area contributed by atoms with E-state index in [1.165, 1.54) is 24.3 Å². The number of allylic oxidation sites excluding steroid dienone is 5. The smallest absolute Gasteiger partial charge is 0.199 e. The Morgan fingerprint density at radius 1 is 1.30 bits per heavy atom. The first-order valence-electron chi connectivity index (χ1n) is 13.0. The zero-order valence-electron chi connectivity index (χ0n) is 22.2. The molecule has 9 heteroatoms. The molecule has 1 aliphatic heterocycles. The van der Waals surface area contributed by atoms with Crippen LogP contribution < -0.4 is 4.74 Å². The Bertz CT molecular complexity index is 1400. The van der Waals surface area contributed by atoms with Gasteiger partial charge in [0.05, 0.1) is 12.2 Å². The summed E-state index contributed by atoms with van der Waals surface area (Å²) in [5.41, 5.74) is 1.30. The van der Waals surface area contributed by atoms with E-state index in [1.807, 2.05) is 6.92 Å². The second kappa shape index (κ2) is 13.5. The van der Waals surface area contributed by atoms with Crippen LogP contribution in [0.4, 0.5) is 8.78 Å². The average Bonchev–Trinajstić information content (AvgIpc) is 3.62. The van der Waals surface area contributed by atoms with Gasteiger partial charge in [-0.2, -0.15) is 0 Å². The maximum Gasteiger partial charge on any atom is 0.199 e. The fourth-order valence-corrected chi connectivity index (χ4v) is 4.62. The molecule has 1 saturated heterocycles. The molecule has 1 fully saturated rings. The van der Waals surface area contributed by atoms with Crippen LogP contribution in [-0.4, -0.2) is 59.2 Å². The number of carbonyl (C=O) groups is 1. The third-order valence-corrected chi connectivity index (χ3v) is 7.00. The largest absolute Gasteiger partial charge is 0.508 e. The Morgan fingerprint density at radius 2 is 2.08 bits per heavy atom. The lowest BCUT2D eigenvalue weighted by Gasteiger charge is -2.24. The molecule has 2 aromatic carbocycles. The van der Waals surface area contributed by atoms with Crippen molar-refractivity contribution in [1.82, 2.24) is 10.1 Å². The van der Waals surface area contributed by atoms with Crippen LogP contribution in [0.15, 0.2) is 77.9 Å². The summed E-state index contributed by atoms with van der Waals surface area (Å²) in [6, 6.07) is 10.1. The van der Waals surface area contributed by atoms with Gasteiger partial charge in [-0.3, -0.25) is 14.1 Å². The van der Waals surface area contributed by atoms with Crippen LogP contribution in [-0.2, 0) is 0 Å². The molecule has 3 aromatic rings. The fraction of sp³-hybridized carbons (Fsp3) is 0.290. The van der Waals surface area contributed by atoms with E-state index in [9.17, 15) is 14.3 Å². The van der Waals surface area contributed by atoms with E-state index in [-0.39, 0.29) is 59.3 Å². The van der Waals surface area contributed by atoms with Gasteiger partial charge < -0.3 is 14.4 Å². The summed E-state index contributed by atoms with van der Waals surface area (Å²) >= 11 is 5.66. The number of halogens is 3. The van der Waals surface area contributed by atoms with Gasteiger partial charge in [-0.15, -0.1) is 11.6 Å². The summed E-state index contributed by atoms with van der Waals surface area (Å²) in [6.07, 6.45) is 7.64. The van der Waals surface area contributed by atoms with Gasteiger partial charge in [0.1, 0.15) is 18.1 Å². The minimum absolute atomic E-state index is 0.0111. The van der Waals surface area contributed by atoms with Gasteiger partial charge in [0, 0.05) is 35.5 Å². The highest BCUT2D eigenvalue weighted by Gasteiger charge is 2.28. The molecule has 0 saturated carbocycles. The Hall–Kier alpha value is -3.75. The summed E-state index contributed by atoms with van der Waals surface area (Å²) in [4.78, 5) is 15.9. The number of hydrogen-bond donors (Lipinski definition) is 1. The summed E-state index contributed by atoms with van der Waals surface area (Å²) in [7, 11) is 0. The first kappa shape index (κ1) is 29.2. The predicted octanol–water partition coefficient (Wildman–Crippen LogP) is 6.84. The van der Waals surface area contributed by atoms with Crippen molar-refractivity contribution >= 4 is 23.0 Å². The lowest BCUT2D eigenvalue weighted by molar-refractivity contribution is 0.103. The summed E-state index contributed by atoms with van der Waals surface area (Å²) in [5.74, 6) is -0.587. The topological polar surface area (TPSA) is 75.8 Å². The van der Waals surface area contributed by atoms with Crippen LogP contribution in [0.2, 0.25) is 0 Å². The number of hydrogen-bond acceptors (Lipinski definition) is 6. The molecule has 0 unspecified atom stereocenters. The van der Waals surface area contributed by atoms with E-state index in [2.05, 4.69) is 16.6 Å². The molecule has 1 N–H and O–H groups in total. The number of aromatic nitrogens is 1. The van der Waals surface area contributed by atoms with Crippen molar-refractivity contribution in [1.29, 1.82) is 0 Å². The number of rotatable bonds is 12. The highest BCUT2D eigenvalue weighted by Crippen LogP contribution is 2.33. The molecule has 0 aliphatic carbocycles. The fourth-order valence-electron chi connectivity index (χ4n) is 4.52. The van der Waals surface area contributed by atoms with E-state index in [4.69, 9.17) is 20.9 Å². The van der Waals surface area contributed by atoms with Gasteiger partial charge in [0.2, 0.25) is 0 Å². The van der Waals surface area contributed by atoms with Gasteiger partial charge in [-0.1, -0.05) is 36.0 Å². The molecule has 2 atom stereocenters. The minimum Gasteiger partial charge on any atom is -0.508 e. The lowest BCUT2D eigenvalue weighted by atomic mass is 9.95. The molecule has 0 spiro atoms. The van der Waals surface area contributed by atoms with Crippen LogP contribution >= 0.6 is 11.6 Å². The molecular weight excluding hydrogens is 538 g/mol. The van der Waals surface area contributed by atoms with Crippen molar-refractivity contribution in [3.05, 3.63) is 96.0 Å². The molecule has 0 bridgehead atoms. The van der Waals surface area contributed by atoms with Crippen molar-refractivity contribution in [2.45, 2.75) is 19.4 Å². The number of benzene rings is 2. The monoisotopic (exact) mass is 568 g/mol. The number of nitrogens with zero attached hydrogens (tertiary/aromatic N) is 2. The number of phenolic OH excluding ortho intramolecular Hbond substituents is 1. The number of carbonyl (C=O) groups excluding carboxylic acids is 1. The van der Waals surface area contributed by atoms with Gasteiger partial charge in [-0.25, -0.2) is 4.39 Å². The van der Waals surface area contributed by atoms with Crippen LogP contribution in [0.3, 0.4) is 0 Å². The maximum absolute atomic E-state index is 15.1. The van der Waals surface area contributed by atoms with Crippen molar-refractivity contribution in [3.8, 4) is 22.8 Å². The predicted molar refractivity (Wildman–Crippen MR) is 152 cm³/mol. The zero-order valence-corrected chi connectivity index (χ0v) is 22.9. The lowest BCUT2D eigenvalue weighted by Crippen LogP contribution is -2.35. The summed E-state index contributed by atoms with van der Waals surface area (Å²) in [5, 5.41) is 13.8. The molecule has 210 valence electrons. The summed E-state index contributed by atoms with van der Waals surface area (Å²) < 4.78 is 39.4. The van der Waals surface area contributed by atoms with E-state index in [0.29, 0.717) is 23.6 Å². The normalized spacial score (nSPS) is 16.6. The molecule has 40 heavy (non-hydrogen) atoms. The van der Waals surface area contributed by atoms with Gasteiger partial charge >= 0.3 is 0 Å². The Kier molecular flexibility index (Phi) is 9.90. The van der Waals surface area contributed by atoms with Crippen LogP contribution in [0.5, 0.6) is 11.5 Å². The first-order valence-corrected chi connectivity index (χ1v) is 13.5. The molecule has 2 heterocycles. The SMILES string of the molecule is C=C(/C=C\C=C/CCl)c1noc(-c2ccc(O)cc2)c1C(=O)c1ccc(OC[C@H](C)N2CC[C@@H](CF)C2)c(F)c1. The van der Waals surface area contributed by atoms with Gasteiger partial charge in [0.15, 0.2) is 23.1 Å². The van der Waals surface area contributed by atoms with E-state index in [0.717, 1.165) is 19.0 Å². The van der Waals surface area contributed by atoms with Crippen molar-refractivity contribution in [3.63, 3.8) is 0 Å². The second-order valence-corrected chi connectivity index (χ2v) is 10.00. The van der Waals surface area contributed by atoms with E-state index in [1.54, 1.807) is 36.4 Å². The number of alkyl halides is 2. The van der Waals surface area contributed by atoms with Crippen molar-refractivity contribution < 1.29 is 27.9 Å². The Morgan fingerprint density at radius 3 is 2.75 bits per heavy atom. The van der Waals surface area contributed by atoms with E-state index >= 15 is 4.39 Å². The highest BCUT2D eigenvalue weighted by atomic mass is 35.5. The van der Waals surface area contributed by atoms with Gasteiger partial charge in [-0.05, 0) is 67.9 Å². The zero-order chi connectivity index (χ0) is 28.6. The second-order valence-electron chi connectivity index (χ2n) is 9.69. The molecular formula is C31H31ClF2N2O4. The van der Waals surface area contributed by atoms with Crippen LogP contribution in [0, 0.1) is 11.7 Å². The third kappa shape index (κ3) is 6.87. The molecule has 4 rings (SSSR count). The maximum atomic E-state index is 15.1. The number of ether oxygens (including phenoxy) is 1. The number of likely N-dealkylation sites (tertiary alicyclic amines) is 1. The molecule has 0 amide bonds. The van der Waals surface area contributed by atoms with Crippen LogP contribution in [0.1, 0.15) is 35.0 Å². The standard InChI is InChI=1S/C31H31ClF2N2O4/c1-20(6-4-3-5-14-32)29-28(31(40-35-29)23-7-10-25(37)11-8-23)30(38)24-9-12-27(26(34)16-24)39-19-21(2)36-15-13-22(17-33)18-36/h3-12,16,21-22,37H,1,13-15,17-19H2,2H3/b5-3-,6-4-/t21-,22-/m0/s1. The number of aromatic hydroxyl groups is 1. The quantitative estimate of drug-likeness (QED) is 0.146. The number of phenols is 1. The van der Waals surface area contributed by atoms with Crippen molar-refractivity contribution in [2.24, 2.45) is 5.92 Å². The van der Waals surface area contributed by atoms with Gasteiger partial charge in [0.25, 0.3) is 0 Å². The highest BCUT2D eigenvalue weighted by molar-refractivity contribution is 6.18. The molecule has 1 aliphatic rings. The Labute approximate surface area is 237 Å². The first-order chi connectivity index (χ1) is 19.3. The molecule has 0 radical (unpaired) electrons. The number of ketones is 1. The Balaban J connectivity index is 1.58. The van der Waals surface area contributed by atoms with Crippen LogP contribution in [0.25, 0.3) is 16.9 Å². The molecule has 6 nitrogen and oxygen atoms in total. The average molecular weight is 569 g/mol. The minimum atomic E-state index is -0.685.